The van der Waals surface area contributed by atoms with Gasteiger partial charge in [0.15, 0.2) is 0 Å². The van der Waals surface area contributed by atoms with Crippen LogP contribution in [0, 0.1) is 6.92 Å². The number of aromatic amines is 1. The van der Waals surface area contributed by atoms with Crippen LogP contribution in [-0.4, -0.2) is 26.9 Å². The van der Waals surface area contributed by atoms with Gasteiger partial charge < -0.3 is 4.98 Å². The molecule has 0 aliphatic heterocycles. The molecule has 0 saturated heterocycles. The van der Waals surface area contributed by atoms with Crippen LogP contribution in [0.2, 0.25) is 5.15 Å². The molecule has 2 aromatic heterocycles. The highest BCUT2D eigenvalue weighted by Gasteiger charge is 2.30. The number of amides is 1. The van der Waals surface area contributed by atoms with Gasteiger partial charge in [0.1, 0.15) is 5.15 Å². The average molecular weight is 446 g/mol. The van der Waals surface area contributed by atoms with Crippen LogP contribution in [0.15, 0.2) is 59.8 Å². The van der Waals surface area contributed by atoms with Gasteiger partial charge in [-0.3, -0.25) is 4.79 Å². The summed E-state index contributed by atoms with van der Waals surface area (Å²) in [6, 6.07) is 12.0. The maximum Gasteiger partial charge on any atom is 0.416 e. The first-order chi connectivity index (χ1) is 14.8. The summed E-state index contributed by atoms with van der Waals surface area (Å²) in [7, 11) is 0. The van der Waals surface area contributed by atoms with Crippen molar-refractivity contribution in [2.24, 2.45) is 5.10 Å². The monoisotopic (exact) mass is 445 g/mol. The van der Waals surface area contributed by atoms with Crippen molar-refractivity contribution < 1.29 is 18.0 Å². The lowest BCUT2D eigenvalue weighted by atomic mass is 10.2. The molecule has 0 aliphatic carbocycles. The van der Waals surface area contributed by atoms with Crippen molar-refractivity contribution in [1.82, 2.24) is 20.2 Å². The van der Waals surface area contributed by atoms with Crippen LogP contribution < -0.4 is 5.43 Å². The van der Waals surface area contributed by atoms with E-state index in [0.29, 0.717) is 16.8 Å². The third-order valence-corrected chi connectivity index (χ3v) is 5.02. The minimum Gasteiger partial charge on any atom is -0.360 e. The van der Waals surface area contributed by atoms with Crippen LogP contribution in [0.4, 0.5) is 13.2 Å². The summed E-state index contributed by atoms with van der Waals surface area (Å²) in [6.45, 7) is 1.64. The van der Waals surface area contributed by atoms with E-state index in [2.05, 4.69) is 20.6 Å². The van der Waals surface area contributed by atoms with E-state index in [1.54, 1.807) is 13.1 Å². The second-order valence-electron chi connectivity index (χ2n) is 6.70. The molecule has 2 aromatic carbocycles. The van der Waals surface area contributed by atoms with Gasteiger partial charge in [-0.05, 0) is 31.2 Å². The van der Waals surface area contributed by atoms with Gasteiger partial charge in [-0.15, -0.1) is 0 Å². The highest BCUT2D eigenvalue weighted by atomic mass is 35.5. The van der Waals surface area contributed by atoms with E-state index in [4.69, 9.17) is 11.6 Å². The van der Waals surface area contributed by atoms with Crippen molar-refractivity contribution in [3.05, 3.63) is 82.3 Å². The topological polar surface area (TPSA) is 75.1 Å². The molecule has 0 fully saturated rings. The number of nitrogens with zero attached hydrogens (tertiary/aromatic N) is 3. The van der Waals surface area contributed by atoms with E-state index in [9.17, 15) is 18.0 Å². The molecule has 2 N–H and O–H groups in total. The van der Waals surface area contributed by atoms with Crippen LogP contribution in [0.25, 0.3) is 16.6 Å². The molecule has 0 saturated carbocycles. The van der Waals surface area contributed by atoms with Crippen LogP contribution in [0.5, 0.6) is 0 Å². The first-order valence-electron chi connectivity index (χ1n) is 9.08. The fourth-order valence-electron chi connectivity index (χ4n) is 3.12. The number of rotatable bonds is 4. The lowest BCUT2D eigenvalue weighted by Gasteiger charge is -2.09. The number of nitrogens with one attached hydrogen (secondary N) is 2. The lowest BCUT2D eigenvalue weighted by molar-refractivity contribution is -0.137. The van der Waals surface area contributed by atoms with E-state index >= 15 is 0 Å². The number of para-hydroxylation sites is 1. The Morgan fingerprint density at radius 1 is 1.23 bits per heavy atom. The zero-order chi connectivity index (χ0) is 22.2. The van der Waals surface area contributed by atoms with Crippen molar-refractivity contribution >= 4 is 34.6 Å². The quantitative estimate of drug-likeness (QED) is 0.339. The Bertz CT molecular complexity index is 1310. The number of hydrogen-bond donors (Lipinski definition) is 2. The number of carbonyl (C=O) groups excluding carboxylic acids is 1. The van der Waals surface area contributed by atoms with E-state index in [1.807, 2.05) is 24.3 Å². The molecular weight excluding hydrogens is 431 g/mol. The summed E-state index contributed by atoms with van der Waals surface area (Å²) < 4.78 is 40.2. The Labute approximate surface area is 179 Å². The van der Waals surface area contributed by atoms with Gasteiger partial charge in [0.2, 0.25) is 0 Å². The minimum atomic E-state index is -4.48. The van der Waals surface area contributed by atoms with Crippen LogP contribution in [0.1, 0.15) is 27.2 Å². The molecule has 0 radical (unpaired) electrons. The number of benzene rings is 2. The molecule has 1 amide bonds. The van der Waals surface area contributed by atoms with Gasteiger partial charge >= 0.3 is 6.18 Å². The summed E-state index contributed by atoms with van der Waals surface area (Å²) >= 11 is 6.33. The SMILES string of the molecule is Cc1nn(-c2cccc(C(F)(F)F)c2)c(Cl)c1C=NNC(=O)c1c[nH]c2ccccc12. The largest absolute Gasteiger partial charge is 0.416 e. The predicted molar refractivity (Wildman–Crippen MR) is 112 cm³/mol. The Morgan fingerprint density at radius 3 is 2.77 bits per heavy atom. The second kappa shape index (κ2) is 7.92. The van der Waals surface area contributed by atoms with Crippen molar-refractivity contribution in [2.45, 2.75) is 13.1 Å². The zero-order valence-corrected chi connectivity index (χ0v) is 16.8. The van der Waals surface area contributed by atoms with Gasteiger partial charge in [0, 0.05) is 17.1 Å². The Kier molecular flexibility index (Phi) is 5.28. The van der Waals surface area contributed by atoms with E-state index in [0.717, 1.165) is 23.0 Å². The van der Waals surface area contributed by atoms with Gasteiger partial charge in [-0.1, -0.05) is 35.9 Å². The molecule has 6 nitrogen and oxygen atoms in total. The fourth-order valence-corrected chi connectivity index (χ4v) is 3.44. The van der Waals surface area contributed by atoms with Gasteiger partial charge in [0.05, 0.1) is 34.3 Å². The van der Waals surface area contributed by atoms with Crippen molar-refractivity contribution in [1.29, 1.82) is 0 Å². The number of aryl methyl sites for hydroxylation is 1. The zero-order valence-electron chi connectivity index (χ0n) is 16.0. The number of carbonyl (C=O) groups is 1. The Morgan fingerprint density at radius 2 is 2.00 bits per heavy atom. The summed E-state index contributed by atoms with van der Waals surface area (Å²) in [5.74, 6) is -0.423. The lowest BCUT2D eigenvalue weighted by Crippen LogP contribution is -2.17. The number of H-pyrrole nitrogens is 1. The second-order valence-corrected chi connectivity index (χ2v) is 7.05. The molecule has 0 bridgehead atoms. The van der Waals surface area contributed by atoms with E-state index < -0.39 is 17.6 Å². The number of alkyl halides is 3. The normalized spacial score (nSPS) is 12.0. The standard InChI is InChI=1S/C21H15ClF3N5O/c1-12-16(11-27-28-20(31)17-10-26-18-8-3-2-7-15(17)18)19(22)30(29-12)14-6-4-5-13(9-14)21(23,24)25/h2-11,26H,1H3,(H,28,31). The first-order valence-corrected chi connectivity index (χ1v) is 9.46. The van der Waals surface area contributed by atoms with Gasteiger partial charge in [-0.2, -0.15) is 23.4 Å². The maximum absolute atomic E-state index is 13.0. The molecular formula is C21H15ClF3N5O. The molecule has 4 aromatic rings. The number of halogens is 4. The molecule has 158 valence electrons. The number of hydrogen-bond acceptors (Lipinski definition) is 3. The van der Waals surface area contributed by atoms with Crippen LogP contribution in [-0.2, 0) is 6.18 Å². The Balaban J connectivity index is 1.57. The van der Waals surface area contributed by atoms with Crippen LogP contribution in [0.3, 0.4) is 0 Å². The highest BCUT2D eigenvalue weighted by molar-refractivity contribution is 6.32. The molecule has 4 rings (SSSR count). The number of fused-ring (bicyclic) bond motifs is 1. The summed E-state index contributed by atoms with van der Waals surface area (Å²) in [4.78, 5) is 15.4. The molecule has 0 aliphatic rings. The third kappa shape index (κ3) is 4.04. The predicted octanol–water partition coefficient (Wildman–Crippen LogP) is 5.10. The van der Waals surface area contributed by atoms with E-state index in [-0.39, 0.29) is 10.8 Å². The summed E-state index contributed by atoms with van der Waals surface area (Å²) in [5.41, 5.74) is 3.83. The Hall–Kier alpha value is -3.59. The van der Waals surface area contributed by atoms with Crippen LogP contribution >= 0.6 is 11.6 Å². The molecule has 0 atom stereocenters. The molecule has 31 heavy (non-hydrogen) atoms. The number of aromatic nitrogens is 3. The minimum absolute atomic E-state index is 0.0712. The molecule has 10 heteroatoms. The summed E-state index contributed by atoms with van der Waals surface area (Å²) in [6.07, 6.45) is -1.59. The molecule has 0 unspecified atom stereocenters. The third-order valence-electron chi connectivity index (χ3n) is 4.66. The number of hydrazone groups is 1. The van der Waals surface area contributed by atoms with Crippen molar-refractivity contribution in [3.8, 4) is 5.69 Å². The van der Waals surface area contributed by atoms with Crippen molar-refractivity contribution in [2.75, 3.05) is 0 Å². The highest BCUT2D eigenvalue weighted by Crippen LogP contribution is 2.31. The van der Waals surface area contributed by atoms with Gasteiger partial charge in [0.25, 0.3) is 5.91 Å². The first kappa shape index (κ1) is 20.7. The maximum atomic E-state index is 13.0. The van der Waals surface area contributed by atoms with Gasteiger partial charge in [-0.25, -0.2) is 10.1 Å². The fraction of sp³-hybridized carbons (Fsp3) is 0.0952. The van der Waals surface area contributed by atoms with Crippen molar-refractivity contribution in [3.63, 3.8) is 0 Å². The van der Waals surface area contributed by atoms with E-state index in [1.165, 1.54) is 23.0 Å². The molecule has 2 heterocycles. The molecule has 0 spiro atoms. The average Bonchev–Trinajstić information content (AvgIpc) is 3.29. The summed E-state index contributed by atoms with van der Waals surface area (Å²) in [5, 5.41) is 8.96. The smallest absolute Gasteiger partial charge is 0.360 e.